The van der Waals surface area contributed by atoms with Crippen LogP contribution in [-0.2, 0) is 12.4 Å². The lowest BCUT2D eigenvalue weighted by Gasteiger charge is -2.21. The lowest BCUT2D eigenvalue weighted by Crippen LogP contribution is -2.24. The van der Waals surface area contributed by atoms with Gasteiger partial charge in [0.15, 0.2) is 0 Å². The van der Waals surface area contributed by atoms with Crippen molar-refractivity contribution in [3.05, 3.63) is 11.3 Å². The number of nitrogens with zero attached hydrogens (tertiary/aromatic N) is 3. The predicted molar refractivity (Wildman–Crippen MR) is 75.7 cm³/mol. The summed E-state index contributed by atoms with van der Waals surface area (Å²) in [5.74, 6) is 2.91. The molecule has 1 aromatic rings. The van der Waals surface area contributed by atoms with Gasteiger partial charge >= 0.3 is 0 Å². The molecule has 0 spiro atoms. The molecule has 1 unspecified atom stereocenters. The standard InChI is InChI=1S/C13H22BrN3/c1-9(2)11-5-6-17(8-11)13-12(7-14)10(3)15-16(13)4/h9,11H,5-8H2,1-4H3. The average Bonchev–Trinajstić information content (AvgIpc) is 2.82. The summed E-state index contributed by atoms with van der Waals surface area (Å²) >= 11 is 3.58. The predicted octanol–water partition coefficient (Wildman–Crippen LogP) is 3.11. The second kappa shape index (κ2) is 5.01. The summed E-state index contributed by atoms with van der Waals surface area (Å²) in [6.45, 7) is 9.09. The van der Waals surface area contributed by atoms with Gasteiger partial charge in [-0.05, 0) is 25.2 Å². The molecule has 4 heteroatoms. The molecule has 0 N–H and O–H groups in total. The third-order valence-electron chi connectivity index (χ3n) is 3.91. The summed E-state index contributed by atoms with van der Waals surface area (Å²) in [6, 6.07) is 0. The summed E-state index contributed by atoms with van der Waals surface area (Å²) in [5.41, 5.74) is 2.49. The van der Waals surface area contributed by atoms with E-state index < -0.39 is 0 Å². The molecule has 0 radical (unpaired) electrons. The first kappa shape index (κ1) is 12.9. The van der Waals surface area contributed by atoms with Crippen LogP contribution in [0.15, 0.2) is 0 Å². The Morgan fingerprint density at radius 1 is 1.47 bits per heavy atom. The number of hydrogen-bond donors (Lipinski definition) is 0. The summed E-state index contributed by atoms with van der Waals surface area (Å²) in [6.07, 6.45) is 1.31. The van der Waals surface area contributed by atoms with E-state index in [0.717, 1.165) is 22.9 Å². The molecule has 1 aliphatic heterocycles. The number of hydrogen-bond acceptors (Lipinski definition) is 2. The number of anilines is 1. The fraction of sp³-hybridized carbons (Fsp3) is 0.769. The Kier molecular flexibility index (Phi) is 3.81. The van der Waals surface area contributed by atoms with Gasteiger partial charge < -0.3 is 4.90 Å². The molecule has 0 bridgehead atoms. The largest absolute Gasteiger partial charge is 0.356 e. The van der Waals surface area contributed by atoms with Crippen molar-refractivity contribution in [3.8, 4) is 0 Å². The third kappa shape index (κ3) is 2.37. The van der Waals surface area contributed by atoms with Crippen LogP contribution in [0.2, 0.25) is 0 Å². The zero-order chi connectivity index (χ0) is 12.6. The Morgan fingerprint density at radius 2 is 2.18 bits per heavy atom. The second-order valence-electron chi connectivity index (χ2n) is 5.38. The van der Waals surface area contributed by atoms with Gasteiger partial charge in [-0.25, -0.2) is 0 Å². The Labute approximate surface area is 112 Å². The summed E-state index contributed by atoms with van der Waals surface area (Å²) in [5, 5.41) is 5.44. The van der Waals surface area contributed by atoms with Crippen molar-refractivity contribution in [3.63, 3.8) is 0 Å². The van der Waals surface area contributed by atoms with E-state index in [2.05, 4.69) is 53.7 Å². The van der Waals surface area contributed by atoms with Crippen LogP contribution in [0, 0.1) is 18.8 Å². The van der Waals surface area contributed by atoms with Crippen LogP contribution >= 0.6 is 15.9 Å². The molecule has 0 aromatic carbocycles. The fourth-order valence-corrected chi connectivity index (χ4v) is 3.42. The molecule has 2 rings (SSSR count). The van der Waals surface area contributed by atoms with Gasteiger partial charge in [0.25, 0.3) is 0 Å². The minimum Gasteiger partial charge on any atom is -0.356 e. The van der Waals surface area contributed by atoms with Gasteiger partial charge in [0.1, 0.15) is 5.82 Å². The summed E-state index contributed by atoms with van der Waals surface area (Å²) in [4.78, 5) is 2.50. The highest BCUT2D eigenvalue weighted by molar-refractivity contribution is 9.08. The molecule has 1 aliphatic rings. The molecule has 1 saturated heterocycles. The van der Waals surface area contributed by atoms with Crippen molar-refractivity contribution in [1.29, 1.82) is 0 Å². The minimum atomic E-state index is 0.779. The zero-order valence-electron chi connectivity index (χ0n) is 11.2. The van der Waals surface area contributed by atoms with E-state index in [1.165, 1.54) is 30.9 Å². The average molecular weight is 300 g/mol. The normalized spacial score (nSPS) is 20.6. The van der Waals surface area contributed by atoms with E-state index >= 15 is 0 Å². The van der Waals surface area contributed by atoms with Gasteiger partial charge in [-0.2, -0.15) is 5.10 Å². The van der Waals surface area contributed by atoms with Crippen LogP contribution in [-0.4, -0.2) is 22.9 Å². The maximum atomic E-state index is 4.54. The molecule has 1 atom stereocenters. The van der Waals surface area contributed by atoms with Crippen molar-refractivity contribution in [1.82, 2.24) is 9.78 Å². The molecule has 2 heterocycles. The number of halogens is 1. The van der Waals surface area contributed by atoms with E-state index in [9.17, 15) is 0 Å². The van der Waals surface area contributed by atoms with Crippen LogP contribution in [0.3, 0.4) is 0 Å². The monoisotopic (exact) mass is 299 g/mol. The van der Waals surface area contributed by atoms with Gasteiger partial charge in [0.05, 0.1) is 5.69 Å². The molecular weight excluding hydrogens is 278 g/mol. The van der Waals surface area contributed by atoms with Crippen LogP contribution in [0.25, 0.3) is 0 Å². The van der Waals surface area contributed by atoms with E-state index in [4.69, 9.17) is 0 Å². The van der Waals surface area contributed by atoms with Gasteiger partial charge in [-0.3, -0.25) is 4.68 Å². The molecule has 0 amide bonds. The number of alkyl halides is 1. The first-order valence-electron chi connectivity index (χ1n) is 6.38. The molecular formula is C13H22BrN3. The Morgan fingerprint density at radius 3 is 2.71 bits per heavy atom. The van der Waals surface area contributed by atoms with Crippen LogP contribution < -0.4 is 4.90 Å². The topological polar surface area (TPSA) is 21.1 Å². The second-order valence-corrected chi connectivity index (χ2v) is 5.94. The molecule has 0 aliphatic carbocycles. The Bertz CT molecular complexity index is 398. The van der Waals surface area contributed by atoms with E-state index in [0.29, 0.717) is 0 Å². The van der Waals surface area contributed by atoms with Crippen molar-refractivity contribution >= 4 is 21.7 Å². The number of aromatic nitrogens is 2. The van der Waals surface area contributed by atoms with Crippen LogP contribution in [0.4, 0.5) is 5.82 Å². The fourth-order valence-electron chi connectivity index (χ4n) is 2.77. The maximum Gasteiger partial charge on any atom is 0.130 e. The summed E-state index contributed by atoms with van der Waals surface area (Å²) in [7, 11) is 2.05. The first-order valence-corrected chi connectivity index (χ1v) is 7.50. The summed E-state index contributed by atoms with van der Waals surface area (Å²) < 4.78 is 2.04. The van der Waals surface area contributed by atoms with Gasteiger partial charge in [-0.15, -0.1) is 0 Å². The van der Waals surface area contributed by atoms with Crippen LogP contribution in [0.5, 0.6) is 0 Å². The van der Waals surface area contributed by atoms with Crippen molar-refractivity contribution in [2.75, 3.05) is 18.0 Å². The van der Waals surface area contributed by atoms with E-state index in [1.54, 1.807) is 0 Å². The van der Waals surface area contributed by atoms with Crippen molar-refractivity contribution < 1.29 is 0 Å². The Hall–Kier alpha value is -0.510. The number of rotatable bonds is 3. The highest BCUT2D eigenvalue weighted by Crippen LogP contribution is 2.32. The zero-order valence-corrected chi connectivity index (χ0v) is 12.8. The SMILES string of the molecule is Cc1nn(C)c(N2CCC(C(C)C)C2)c1CBr. The van der Waals surface area contributed by atoms with Crippen molar-refractivity contribution in [2.45, 2.75) is 32.5 Å². The smallest absolute Gasteiger partial charge is 0.130 e. The molecule has 1 aromatic heterocycles. The maximum absolute atomic E-state index is 4.54. The van der Waals surface area contributed by atoms with E-state index in [-0.39, 0.29) is 0 Å². The van der Waals surface area contributed by atoms with Gasteiger partial charge in [-0.1, -0.05) is 29.8 Å². The van der Waals surface area contributed by atoms with Gasteiger partial charge in [0, 0.05) is 31.0 Å². The lowest BCUT2D eigenvalue weighted by atomic mass is 9.95. The molecule has 17 heavy (non-hydrogen) atoms. The quantitative estimate of drug-likeness (QED) is 0.800. The van der Waals surface area contributed by atoms with Gasteiger partial charge in [0.2, 0.25) is 0 Å². The molecule has 1 fully saturated rings. The van der Waals surface area contributed by atoms with Crippen LogP contribution in [0.1, 0.15) is 31.5 Å². The molecule has 3 nitrogen and oxygen atoms in total. The highest BCUT2D eigenvalue weighted by atomic mass is 79.9. The minimum absolute atomic E-state index is 0.779. The number of aryl methyl sites for hydroxylation is 2. The third-order valence-corrected chi connectivity index (χ3v) is 4.47. The van der Waals surface area contributed by atoms with E-state index in [1.807, 2.05) is 4.68 Å². The Balaban J connectivity index is 2.24. The molecule has 96 valence electrons. The first-order chi connectivity index (χ1) is 8.04. The van der Waals surface area contributed by atoms with Crippen molar-refractivity contribution in [2.24, 2.45) is 18.9 Å². The highest BCUT2D eigenvalue weighted by Gasteiger charge is 2.28. The molecule has 0 saturated carbocycles. The lowest BCUT2D eigenvalue weighted by molar-refractivity contribution is 0.422.